The fourth-order valence-corrected chi connectivity index (χ4v) is 3.59. The third-order valence-corrected chi connectivity index (χ3v) is 4.69. The van der Waals surface area contributed by atoms with Crippen LogP contribution in [0.3, 0.4) is 0 Å². The molecule has 3 rings (SSSR count). The molecule has 0 fully saturated rings. The number of rotatable bonds is 3. The van der Waals surface area contributed by atoms with Crippen molar-refractivity contribution in [3.63, 3.8) is 0 Å². The van der Waals surface area contributed by atoms with Crippen molar-refractivity contribution >= 4 is 16.7 Å². The molecule has 0 N–H and O–H groups in total. The summed E-state index contributed by atoms with van der Waals surface area (Å²) in [6.07, 6.45) is 0. The Balaban J connectivity index is 1.89. The summed E-state index contributed by atoms with van der Waals surface area (Å²) in [4.78, 5) is 6.96. The maximum Gasteiger partial charge on any atom is 0.205 e. The predicted molar refractivity (Wildman–Crippen MR) is 83.9 cm³/mol. The molecule has 1 aliphatic heterocycles. The van der Waals surface area contributed by atoms with E-state index in [-0.39, 0.29) is 6.04 Å². The first kappa shape index (κ1) is 14.4. The summed E-state index contributed by atoms with van der Waals surface area (Å²) in [5.41, 5.74) is 0. The monoisotopic (exact) mass is 306 g/mol. The van der Waals surface area contributed by atoms with Crippen molar-refractivity contribution in [2.24, 2.45) is 0 Å². The third kappa shape index (κ3) is 2.43. The Bertz CT molecular complexity index is 629. The van der Waals surface area contributed by atoms with Gasteiger partial charge in [-0.25, -0.2) is 4.98 Å². The molecule has 0 aliphatic carbocycles. The molecule has 0 saturated carbocycles. The average molecular weight is 306 g/mol. The molecule has 0 radical (unpaired) electrons. The van der Waals surface area contributed by atoms with Gasteiger partial charge in [0.15, 0.2) is 5.82 Å². The highest BCUT2D eigenvalue weighted by Gasteiger charge is 2.30. The van der Waals surface area contributed by atoms with E-state index in [4.69, 9.17) is 0 Å². The second kappa shape index (κ2) is 5.36. The number of aromatic nitrogens is 5. The second-order valence-electron chi connectivity index (χ2n) is 6.18. The van der Waals surface area contributed by atoms with Gasteiger partial charge in [-0.2, -0.15) is 4.37 Å². The zero-order valence-corrected chi connectivity index (χ0v) is 14.1. The van der Waals surface area contributed by atoms with Crippen molar-refractivity contribution in [2.45, 2.75) is 59.0 Å². The van der Waals surface area contributed by atoms with Gasteiger partial charge in [0.25, 0.3) is 0 Å². The number of hydrogen-bond acceptors (Lipinski definition) is 6. The topological polar surface area (TPSA) is 59.7 Å². The van der Waals surface area contributed by atoms with E-state index in [2.05, 4.69) is 63.6 Å². The van der Waals surface area contributed by atoms with Gasteiger partial charge in [0.1, 0.15) is 11.6 Å². The zero-order chi connectivity index (χ0) is 15.1. The van der Waals surface area contributed by atoms with E-state index in [1.54, 1.807) is 0 Å². The minimum Gasteiger partial charge on any atom is -0.335 e. The highest BCUT2D eigenvalue weighted by molar-refractivity contribution is 7.09. The normalized spacial score (nSPS) is 18.6. The van der Waals surface area contributed by atoms with E-state index in [0.29, 0.717) is 11.8 Å². The van der Waals surface area contributed by atoms with Crippen LogP contribution in [0.4, 0.5) is 5.13 Å². The van der Waals surface area contributed by atoms with E-state index in [1.807, 2.05) is 0 Å². The van der Waals surface area contributed by atoms with Crippen molar-refractivity contribution in [1.29, 1.82) is 0 Å². The van der Waals surface area contributed by atoms with Crippen LogP contribution >= 0.6 is 11.5 Å². The molecule has 0 bridgehead atoms. The highest BCUT2D eigenvalue weighted by atomic mass is 32.1. The molecule has 1 unspecified atom stereocenters. The molecule has 2 aromatic rings. The van der Waals surface area contributed by atoms with Crippen LogP contribution in [0.25, 0.3) is 0 Å². The quantitative estimate of drug-likeness (QED) is 0.872. The summed E-state index contributed by atoms with van der Waals surface area (Å²) in [7, 11) is 0. The second-order valence-corrected chi connectivity index (χ2v) is 6.91. The van der Waals surface area contributed by atoms with Crippen molar-refractivity contribution in [1.82, 2.24) is 24.1 Å². The average Bonchev–Trinajstić information content (AvgIpc) is 3.05. The molecule has 0 aromatic carbocycles. The molecule has 1 aliphatic rings. The fourth-order valence-electron chi connectivity index (χ4n) is 2.67. The molecular weight excluding hydrogens is 284 g/mol. The first-order chi connectivity index (χ1) is 9.99. The van der Waals surface area contributed by atoms with Crippen molar-refractivity contribution in [3.05, 3.63) is 17.5 Å². The van der Waals surface area contributed by atoms with Crippen LogP contribution in [-0.4, -0.2) is 30.7 Å². The molecule has 3 heterocycles. The maximum atomic E-state index is 4.67. The summed E-state index contributed by atoms with van der Waals surface area (Å²) >= 11 is 1.48. The molecule has 0 saturated heterocycles. The summed E-state index contributed by atoms with van der Waals surface area (Å²) in [5, 5.41) is 9.76. The van der Waals surface area contributed by atoms with Gasteiger partial charge in [0.05, 0.1) is 6.04 Å². The minimum absolute atomic E-state index is 0.187. The number of anilines is 1. The molecule has 2 aromatic heterocycles. The summed E-state index contributed by atoms with van der Waals surface area (Å²) in [6, 6.07) is 0.187. The number of nitrogens with zero attached hydrogens (tertiary/aromatic N) is 6. The van der Waals surface area contributed by atoms with Gasteiger partial charge >= 0.3 is 0 Å². The van der Waals surface area contributed by atoms with E-state index >= 15 is 0 Å². The Labute approximate surface area is 129 Å². The summed E-state index contributed by atoms with van der Waals surface area (Å²) in [5.74, 6) is 3.81. The Morgan fingerprint density at radius 3 is 2.48 bits per heavy atom. The smallest absolute Gasteiger partial charge is 0.205 e. The Hall–Kier alpha value is -1.50. The van der Waals surface area contributed by atoms with Crippen molar-refractivity contribution < 1.29 is 0 Å². The summed E-state index contributed by atoms with van der Waals surface area (Å²) < 4.78 is 6.72. The number of hydrogen-bond donors (Lipinski definition) is 0. The van der Waals surface area contributed by atoms with Crippen LogP contribution in [0.1, 0.15) is 70.0 Å². The zero-order valence-electron chi connectivity index (χ0n) is 13.2. The van der Waals surface area contributed by atoms with Crippen LogP contribution in [0.5, 0.6) is 0 Å². The van der Waals surface area contributed by atoms with E-state index in [1.165, 1.54) is 11.5 Å². The lowest BCUT2D eigenvalue weighted by Crippen LogP contribution is -2.37. The van der Waals surface area contributed by atoms with Crippen LogP contribution in [0.2, 0.25) is 0 Å². The van der Waals surface area contributed by atoms with Crippen LogP contribution in [0.15, 0.2) is 0 Å². The van der Waals surface area contributed by atoms with Gasteiger partial charge in [0, 0.05) is 36.5 Å². The van der Waals surface area contributed by atoms with Gasteiger partial charge in [-0.15, -0.1) is 10.2 Å². The highest BCUT2D eigenvalue weighted by Crippen LogP contribution is 2.32. The SMILES string of the molecule is CC(C)c1nsc(N2CCn3c(C(C)C)nnc3C2C)n1. The Morgan fingerprint density at radius 2 is 1.86 bits per heavy atom. The van der Waals surface area contributed by atoms with E-state index < -0.39 is 0 Å². The summed E-state index contributed by atoms with van der Waals surface area (Å²) in [6.45, 7) is 12.6. The first-order valence-electron chi connectivity index (χ1n) is 7.52. The van der Waals surface area contributed by atoms with Crippen molar-refractivity contribution in [3.8, 4) is 0 Å². The largest absolute Gasteiger partial charge is 0.335 e. The lowest BCUT2D eigenvalue weighted by molar-refractivity contribution is 0.479. The molecule has 6 nitrogen and oxygen atoms in total. The van der Waals surface area contributed by atoms with Crippen LogP contribution in [-0.2, 0) is 6.54 Å². The van der Waals surface area contributed by atoms with Crippen molar-refractivity contribution in [2.75, 3.05) is 11.4 Å². The van der Waals surface area contributed by atoms with Crippen LogP contribution in [0, 0.1) is 0 Å². The Kier molecular flexibility index (Phi) is 3.69. The molecule has 114 valence electrons. The first-order valence-corrected chi connectivity index (χ1v) is 8.29. The molecule has 0 spiro atoms. The third-order valence-electron chi connectivity index (χ3n) is 3.92. The van der Waals surface area contributed by atoms with Gasteiger partial charge in [-0.3, -0.25) is 0 Å². The maximum absolute atomic E-state index is 4.67. The van der Waals surface area contributed by atoms with Gasteiger partial charge in [-0.1, -0.05) is 27.7 Å². The standard InChI is InChI=1S/C14H22N6S/c1-8(2)11-15-14(21-18-11)19-6-7-20-12(9(3)4)16-17-13(20)10(19)5/h8-10H,6-7H2,1-5H3. The molecule has 21 heavy (non-hydrogen) atoms. The fraction of sp³-hybridized carbons (Fsp3) is 0.714. The molecular formula is C14H22N6S. The van der Waals surface area contributed by atoms with E-state index in [0.717, 1.165) is 35.7 Å². The molecule has 0 amide bonds. The minimum atomic E-state index is 0.187. The van der Waals surface area contributed by atoms with Gasteiger partial charge in [0.2, 0.25) is 5.13 Å². The van der Waals surface area contributed by atoms with Gasteiger partial charge in [-0.05, 0) is 6.92 Å². The Morgan fingerprint density at radius 1 is 1.10 bits per heavy atom. The van der Waals surface area contributed by atoms with Gasteiger partial charge < -0.3 is 9.47 Å². The predicted octanol–water partition coefficient (Wildman–Crippen LogP) is 2.96. The van der Waals surface area contributed by atoms with E-state index in [9.17, 15) is 0 Å². The lowest BCUT2D eigenvalue weighted by atomic mass is 10.1. The number of fused-ring (bicyclic) bond motifs is 1. The molecule has 1 atom stereocenters. The lowest BCUT2D eigenvalue weighted by Gasteiger charge is -2.33. The molecule has 7 heteroatoms. The van der Waals surface area contributed by atoms with Crippen LogP contribution < -0.4 is 4.90 Å².